The van der Waals surface area contributed by atoms with Gasteiger partial charge in [0.15, 0.2) is 0 Å². The third-order valence-corrected chi connectivity index (χ3v) is 4.73. The van der Waals surface area contributed by atoms with E-state index in [0.29, 0.717) is 12.3 Å². The molecule has 0 spiro atoms. The summed E-state index contributed by atoms with van der Waals surface area (Å²) < 4.78 is 5.22. The zero-order chi connectivity index (χ0) is 16.6. The first kappa shape index (κ1) is 15.6. The summed E-state index contributed by atoms with van der Waals surface area (Å²) in [6.45, 7) is 2.16. The maximum Gasteiger partial charge on any atom is 0.329 e. The van der Waals surface area contributed by atoms with Gasteiger partial charge in [0, 0.05) is 13.0 Å². The van der Waals surface area contributed by atoms with Crippen LogP contribution in [-0.2, 0) is 20.9 Å². The molecule has 1 aliphatic carbocycles. The molecule has 2 amide bonds. The van der Waals surface area contributed by atoms with Crippen molar-refractivity contribution in [2.24, 2.45) is 11.8 Å². The normalized spacial score (nSPS) is 23.6. The van der Waals surface area contributed by atoms with Gasteiger partial charge in [-0.05, 0) is 37.8 Å². The summed E-state index contributed by atoms with van der Waals surface area (Å²) >= 11 is 0. The summed E-state index contributed by atoms with van der Waals surface area (Å²) in [5, 5.41) is 12.1. The predicted molar refractivity (Wildman–Crippen MR) is 79.1 cm³/mol. The molecule has 2 atom stereocenters. The molecule has 7 nitrogen and oxygen atoms in total. The molecule has 1 aromatic rings. The number of nitrogens with zero attached hydrogens (tertiary/aromatic N) is 1. The van der Waals surface area contributed by atoms with E-state index in [1.165, 1.54) is 6.26 Å². The molecule has 1 saturated carbocycles. The van der Waals surface area contributed by atoms with Crippen molar-refractivity contribution in [3.05, 3.63) is 24.2 Å². The van der Waals surface area contributed by atoms with E-state index in [0.717, 1.165) is 12.8 Å². The quantitative estimate of drug-likeness (QED) is 0.814. The lowest BCUT2D eigenvalue weighted by Crippen LogP contribution is -2.55. The van der Waals surface area contributed by atoms with Crippen molar-refractivity contribution in [3.8, 4) is 0 Å². The van der Waals surface area contributed by atoms with Crippen molar-refractivity contribution in [3.63, 3.8) is 0 Å². The predicted octanol–water partition coefficient (Wildman–Crippen LogP) is 0.998. The molecule has 23 heavy (non-hydrogen) atoms. The largest absolute Gasteiger partial charge is 0.480 e. The zero-order valence-electron chi connectivity index (χ0n) is 12.9. The van der Waals surface area contributed by atoms with Crippen molar-refractivity contribution in [1.29, 1.82) is 0 Å². The van der Waals surface area contributed by atoms with Crippen LogP contribution in [0.25, 0.3) is 0 Å². The van der Waals surface area contributed by atoms with Gasteiger partial charge < -0.3 is 19.7 Å². The van der Waals surface area contributed by atoms with E-state index in [1.807, 2.05) is 0 Å². The molecule has 1 aliphatic heterocycles. The summed E-state index contributed by atoms with van der Waals surface area (Å²) in [5.41, 5.74) is -1.24. The summed E-state index contributed by atoms with van der Waals surface area (Å²) in [6, 6.07) is 3.52. The Hall–Kier alpha value is -2.31. The minimum Gasteiger partial charge on any atom is -0.480 e. The van der Waals surface area contributed by atoms with Crippen molar-refractivity contribution < 1.29 is 23.9 Å². The van der Waals surface area contributed by atoms with Crippen LogP contribution in [0.2, 0.25) is 0 Å². The number of hydrogen-bond acceptors (Lipinski definition) is 4. The Kier molecular flexibility index (Phi) is 3.87. The molecule has 0 aromatic carbocycles. The van der Waals surface area contributed by atoms with Crippen LogP contribution in [0.15, 0.2) is 22.8 Å². The molecular formula is C16H20N2O5. The standard InChI is InChI=1S/C16H20N2O5/c1-16(15(21)22,11-4-5-11)17-14(20)10-7-13(19)18(8-10)9-12-3-2-6-23-12/h2-3,6,10-11H,4-5,7-9H2,1H3,(H,17,20)(H,21,22)/t10-,16+/m0/s1. The van der Waals surface area contributed by atoms with Gasteiger partial charge in [-0.15, -0.1) is 0 Å². The van der Waals surface area contributed by atoms with Crippen molar-refractivity contribution in [2.75, 3.05) is 6.54 Å². The van der Waals surface area contributed by atoms with Crippen LogP contribution in [0.1, 0.15) is 31.9 Å². The average Bonchev–Trinajstić information content (AvgIpc) is 3.13. The fourth-order valence-corrected chi connectivity index (χ4v) is 3.04. The highest BCUT2D eigenvalue weighted by molar-refractivity contribution is 5.92. The maximum atomic E-state index is 12.4. The lowest BCUT2D eigenvalue weighted by atomic mass is 9.94. The smallest absolute Gasteiger partial charge is 0.329 e. The molecular weight excluding hydrogens is 300 g/mol. The molecule has 1 aromatic heterocycles. The Bertz CT molecular complexity index is 622. The van der Waals surface area contributed by atoms with Gasteiger partial charge in [0.25, 0.3) is 0 Å². The fourth-order valence-electron chi connectivity index (χ4n) is 3.04. The molecule has 0 unspecified atom stereocenters. The van der Waals surface area contributed by atoms with Crippen molar-refractivity contribution >= 4 is 17.8 Å². The monoisotopic (exact) mass is 320 g/mol. The van der Waals surface area contributed by atoms with E-state index < -0.39 is 17.4 Å². The Morgan fingerprint density at radius 3 is 2.78 bits per heavy atom. The molecule has 124 valence electrons. The molecule has 7 heteroatoms. The molecule has 3 rings (SSSR count). The zero-order valence-corrected chi connectivity index (χ0v) is 12.9. The third-order valence-electron chi connectivity index (χ3n) is 4.73. The molecule has 0 bridgehead atoms. The van der Waals surface area contributed by atoms with E-state index >= 15 is 0 Å². The minimum atomic E-state index is -1.24. The highest BCUT2D eigenvalue weighted by Gasteiger charge is 2.49. The van der Waals surface area contributed by atoms with Gasteiger partial charge in [-0.3, -0.25) is 9.59 Å². The minimum absolute atomic E-state index is 0.0275. The molecule has 2 fully saturated rings. The van der Waals surface area contributed by atoms with Crippen LogP contribution in [-0.4, -0.2) is 39.9 Å². The summed E-state index contributed by atoms with van der Waals surface area (Å²) in [4.78, 5) is 37.5. The number of likely N-dealkylation sites (tertiary alicyclic amines) is 1. The van der Waals surface area contributed by atoms with Crippen LogP contribution in [0.4, 0.5) is 0 Å². The lowest BCUT2D eigenvalue weighted by molar-refractivity contribution is -0.148. The summed E-state index contributed by atoms with van der Waals surface area (Å²) in [6.07, 6.45) is 3.25. The van der Waals surface area contributed by atoms with Crippen LogP contribution in [0.3, 0.4) is 0 Å². The van der Waals surface area contributed by atoms with E-state index in [1.54, 1.807) is 24.0 Å². The van der Waals surface area contributed by atoms with Gasteiger partial charge >= 0.3 is 5.97 Å². The lowest BCUT2D eigenvalue weighted by Gasteiger charge is -2.27. The topological polar surface area (TPSA) is 99.9 Å². The van der Waals surface area contributed by atoms with Gasteiger partial charge in [0.2, 0.25) is 11.8 Å². The van der Waals surface area contributed by atoms with Gasteiger partial charge in [0.05, 0.1) is 18.7 Å². The third kappa shape index (κ3) is 3.09. The molecule has 2 aliphatic rings. The Labute approximate surface area is 133 Å². The van der Waals surface area contributed by atoms with E-state index in [4.69, 9.17) is 4.42 Å². The molecule has 1 saturated heterocycles. The van der Waals surface area contributed by atoms with E-state index in [-0.39, 0.29) is 30.7 Å². The number of carboxylic acid groups (broad SMARTS) is 1. The first-order valence-corrected chi connectivity index (χ1v) is 7.75. The van der Waals surface area contributed by atoms with Gasteiger partial charge in [-0.1, -0.05) is 0 Å². The van der Waals surface area contributed by atoms with Crippen LogP contribution in [0.5, 0.6) is 0 Å². The van der Waals surface area contributed by atoms with Crippen LogP contribution in [0, 0.1) is 11.8 Å². The second-order valence-electron chi connectivity index (χ2n) is 6.53. The van der Waals surface area contributed by atoms with Crippen molar-refractivity contribution in [2.45, 2.75) is 38.3 Å². The summed E-state index contributed by atoms with van der Waals surface area (Å²) in [5.74, 6) is -1.39. The maximum absolute atomic E-state index is 12.4. The molecule has 2 heterocycles. The SMILES string of the molecule is C[C@](NC(=O)[C@H]1CC(=O)N(Cc2ccco2)C1)(C(=O)O)C1CC1. The van der Waals surface area contributed by atoms with Gasteiger partial charge in [-0.2, -0.15) is 0 Å². The first-order chi connectivity index (χ1) is 10.9. The number of carbonyl (C=O) groups excluding carboxylic acids is 2. The average molecular weight is 320 g/mol. The van der Waals surface area contributed by atoms with Gasteiger partial charge in [-0.25, -0.2) is 4.79 Å². The van der Waals surface area contributed by atoms with E-state index in [9.17, 15) is 19.5 Å². The molecule has 2 N–H and O–H groups in total. The summed E-state index contributed by atoms with van der Waals surface area (Å²) in [7, 11) is 0. The number of carboxylic acids is 1. The number of hydrogen-bond donors (Lipinski definition) is 2. The second-order valence-corrected chi connectivity index (χ2v) is 6.53. The van der Waals surface area contributed by atoms with Crippen LogP contribution >= 0.6 is 0 Å². The Morgan fingerprint density at radius 2 is 2.22 bits per heavy atom. The molecule has 0 radical (unpaired) electrons. The number of furan rings is 1. The Morgan fingerprint density at radius 1 is 1.48 bits per heavy atom. The highest BCUT2D eigenvalue weighted by Crippen LogP contribution is 2.40. The Balaban J connectivity index is 1.62. The number of nitrogens with one attached hydrogen (secondary N) is 1. The van der Waals surface area contributed by atoms with Crippen LogP contribution < -0.4 is 5.32 Å². The van der Waals surface area contributed by atoms with Gasteiger partial charge in [0.1, 0.15) is 11.3 Å². The highest BCUT2D eigenvalue weighted by atomic mass is 16.4. The second kappa shape index (κ2) is 5.72. The number of aliphatic carboxylic acids is 1. The fraction of sp³-hybridized carbons (Fsp3) is 0.562. The number of rotatable bonds is 6. The van der Waals surface area contributed by atoms with E-state index in [2.05, 4.69) is 5.32 Å². The van der Waals surface area contributed by atoms with Crippen molar-refractivity contribution in [1.82, 2.24) is 10.2 Å². The number of carbonyl (C=O) groups is 3. The number of amides is 2. The first-order valence-electron chi connectivity index (χ1n) is 7.75.